The van der Waals surface area contributed by atoms with E-state index in [1.807, 2.05) is 0 Å². The summed E-state index contributed by atoms with van der Waals surface area (Å²) in [7, 11) is 0. The Bertz CT molecular complexity index is 339. The predicted octanol–water partition coefficient (Wildman–Crippen LogP) is 2.78. The van der Waals surface area contributed by atoms with Gasteiger partial charge in [0.1, 0.15) is 0 Å². The molecule has 4 nitrogen and oxygen atoms in total. The molecule has 0 atom stereocenters. The standard InChI is InChI=1S/C8H8N2O2.ClH/c1-5-2-3-7(10-9)6(4-5)8(11)12;/h2-4,9H,1H3,(H,11,12);1H. The second-order valence-electron chi connectivity index (χ2n) is 2.44. The fourth-order valence-corrected chi connectivity index (χ4v) is 0.919. The third-order valence-corrected chi connectivity index (χ3v) is 1.50. The van der Waals surface area contributed by atoms with E-state index in [2.05, 4.69) is 5.11 Å². The smallest absolute Gasteiger partial charge is 0.337 e. The number of hydrogen-bond acceptors (Lipinski definition) is 3. The van der Waals surface area contributed by atoms with Gasteiger partial charge in [-0.2, -0.15) is 5.11 Å². The van der Waals surface area contributed by atoms with Gasteiger partial charge in [-0.15, -0.1) is 12.4 Å². The number of aromatic carboxylic acids is 1. The maximum atomic E-state index is 10.6. The Morgan fingerprint density at radius 2 is 2.15 bits per heavy atom. The van der Waals surface area contributed by atoms with E-state index in [-0.39, 0.29) is 23.7 Å². The Morgan fingerprint density at radius 3 is 2.62 bits per heavy atom. The van der Waals surface area contributed by atoms with Gasteiger partial charge in [0.05, 0.1) is 11.3 Å². The number of benzene rings is 1. The minimum Gasteiger partial charge on any atom is -0.478 e. The molecule has 0 aliphatic rings. The van der Waals surface area contributed by atoms with Crippen molar-refractivity contribution in [2.24, 2.45) is 5.11 Å². The number of carboxylic acids is 1. The van der Waals surface area contributed by atoms with E-state index in [0.717, 1.165) is 5.56 Å². The van der Waals surface area contributed by atoms with Crippen molar-refractivity contribution in [1.29, 1.82) is 5.53 Å². The SMILES string of the molecule is Cc1ccc(N=N)c(C(=O)O)c1.Cl. The lowest BCUT2D eigenvalue weighted by molar-refractivity contribution is 0.0697. The van der Waals surface area contributed by atoms with Gasteiger partial charge in [-0.1, -0.05) is 11.6 Å². The van der Waals surface area contributed by atoms with Gasteiger partial charge in [-0.3, -0.25) is 0 Å². The van der Waals surface area contributed by atoms with Crippen LogP contribution in [-0.2, 0) is 0 Å². The molecule has 0 bridgehead atoms. The van der Waals surface area contributed by atoms with Crippen LogP contribution in [-0.4, -0.2) is 11.1 Å². The molecule has 0 heterocycles. The Kier molecular flexibility index (Phi) is 4.07. The summed E-state index contributed by atoms with van der Waals surface area (Å²) in [6.07, 6.45) is 0. The highest BCUT2D eigenvalue weighted by molar-refractivity contribution is 5.93. The highest BCUT2D eigenvalue weighted by atomic mass is 35.5. The van der Waals surface area contributed by atoms with Crippen LogP contribution in [0, 0.1) is 12.5 Å². The number of hydrogen-bond donors (Lipinski definition) is 2. The van der Waals surface area contributed by atoms with Gasteiger partial charge in [0, 0.05) is 0 Å². The van der Waals surface area contributed by atoms with E-state index in [1.165, 1.54) is 12.1 Å². The minimum atomic E-state index is -1.05. The molecule has 1 aromatic rings. The third-order valence-electron chi connectivity index (χ3n) is 1.50. The first-order valence-electron chi connectivity index (χ1n) is 3.36. The van der Waals surface area contributed by atoms with Crippen molar-refractivity contribution in [3.8, 4) is 0 Å². The van der Waals surface area contributed by atoms with Gasteiger partial charge in [0.25, 0.3) is 0 Å². The molecule has 1 aromatic carbocycles. The molecule has 0 aliphatic heterocycles. The molecule has 0 radical (unpaired) electrons. The summed E-state index contributed by atoms with van der Waals surface area (Å²) in [5.41, 5.74) is 7.82. The largest absolute Gasteiger partial charge is 0.478 e. The molecule has 0 saturated heterocycles. The monoisotopic (exact) mass is 200 g/mol. The van der Waals surface area contributed by atoms with Crippen molar-refractivity contribution in [2.45, 2.75) is 6.92 Å². The van der Waals surface area contributed by atoms with Gasteiger partial charge in [-0.25, -0.2) is 10.3 Å². The van der Waals surface area contributed by atoms with E-state index in [4.69, 9.17) is 10.6 Å². The lowest BCUT2D eigenvalue weighted by Gasteiger charge is -1.99. The van der Waals surface area contributed by atoms with Crippen LogP contribution in [0.5, 0.6) is 0 Å². The van der Waals surface area contributed by atoms with Crippen LogP contribution in [0.15, 0.2) is 23.3 Å². The number of rotatable bonds is 2. The first-order valence-corrected chi connectivity index (χ1v) is 3.36. The molecule has 13 heavy (non-hydrogen) atoms. The summed E-state index contributed by atoms with van der Waals surface area (Å²) in [6.45, 7) is 1.79. The number of aryl methyl sites for hydroxylation is 1. The summed E-state index contributed by atoms with van der Waals surface area (Å²) in [5, 5.41) is 11.8. The average Bonchev–Trinajstić information content (AvgIpc) is 2.04. The molecule has 2 N–H and O–H groups in total. The van der Waals surface area contributed by atoms with Crippen molar-refractivity contribution in [3.63, 3.8) is 0 Å². The first-order chi connectivity index (χ1) is 5.65. The number of nitrogens with zero attached hydrogens (tertiary/aromatic N) is 1. The topological polar surface area (TPSA) is 73.5 Å². The highest BCUT2D eigenvalue weighted by Crippen LogP contribution is 2.19. The third kappa shape index (κ3) is 2.52. The maximum Gasteiger partial charge on any atom is 0.337 e. The quantitative estimate of drug-likeness (QED) is 0.721. The molecule has 0 aromatic heterocycles. The number of carbonyl (C=O) groups is 1. The molecule has 0 amide bonds. The van der Waals surface area contributed by atoms with Crippen molar-refractivity contribution < 1.29 is 9.90 Å². The van der Waals surface area contributed by atoms with Crippen LogP contribution < -0.4 is 0 Å². The number of nitrogens with one attached hydrogen (secondary N) is 1. The molecule has 5 heteroatoms. The van der Waals surface area contributed by atoms with Crippen molar-refractivity contribution >= 4 is 24.1 Å². The van der Waals surface area contributed by atoms with Crippen LogP contribution in [0.2, 0.25) is 0 Å². The molecule has 70 valence electrons. The van der Waals surface area contributed by atoms with Crippen LogP contribution in [0.3, 0.4) is 0 Å². The maximum absolute atomic E-state index is 10.6. The summed E-state index contributed by atoms with van der Waals surface area (Å²) < 4.78 is 0. The lowest BCUT2D eigenvalue weighted by atomic mass is 10.1. The Hall–Kier alpha value is -1.42. The zero-order valence-electron chi connectivity index (χ0n) is 6.94. The predicted molar refractivity (Wildman–Crippen MR) is 50.2 cm³/mol. The fourth-order valence-electron chi connectivity index (χ4n) is 0.919. The molecule has 0 spiro atoms. The fraction of sp³-hybridized carbons (Fsp3) is 0.125. The van der Waals surface area contributed by atoms with Gasteiger partial charge >= 0.3 is 5.97 Å². The Morgan fingerprint density at radius 1 is 1.54 bits per heavy atom. The molecular weight excluding hydrogens is 192 g/mol. The summed E-state index contributed by atoms with van der Waals surface area (Å²) in [4.78, 5) is 10.6. The molecule has 0 fully saturated rings. The molecular formula is C8H9ClN2O2. The zero-order valence-corrected chi connectivity index (χ0v) is 7.76. The van der Waals surface area contributed by atoms with Gasteiger partial charge in [0.2, 0.25) is 0 Å². The lowest BCUT2D eigenvalue weighted by Crippen LogP contribution is -1.96. The van der Waals surface area contributed by atoms with E-state index in [1.54, 1.807) is 13.0 Å². The van der Waals surface area contributed by atoms with Gasteiger partial charge < -0.3 is 5.11 Å². The second kappa shape index (κ2) is 4.57. The van der Waals surface area contributed by atoms with E-state index >= 15 is 0 Å². The van der Waals surface area contributed by atoms with Crippen molar-refractivity contribution in [3.05, 3.63) is 29.3 Å². The molecule has 0 saturated carbocycles. The number of carboxylic acid groups (broad SMARTS) is 1. The van der Waals surface area contributed by atoms with Crippen LogP contribution in [0.25, 0.3) is 0 Å². The number of halogens is 1. The van der Waals surface area contributed by atoms with Crippen molar-refractivity contribution in [2.75, 3.05) is 0 Å². The molecule has 0 aliphatic carbocycles. The highest BCUT2D eigenvalue weighted by Gasteiger charge is 2.08. The van der Waals surface area contributed by atoms with Crippen molar-refractivity contribution in [1.82, 2.24) is 0 Å². The zero-order chi connectivity index (χ0) is 9.14. The van der Waals surface area contributed by atoms with Crippen LogP contribution in [0.4, 0.5) is 5.69 Å². The van der Waals surface area contributed by atoms with E-state index in [9.17, 15) is 4.79 Å². The Balaban J connectivity index is 0.00000144. The second-order valence-corrected chi connectivity index (χ2v) is 2.44. The average molecular weight is 201 g/mol. The van der Waals surface area contributed by atoms with Crippen LogP contribution >= 0.6 is 12.4 Å². The van der Waals surface area contributed by atoms with Gasteiger partial charge in [-0.05, 0) is 19.1 Å². The normalized spacial score (nSPS) is 8.69. The minimum absolute atomic E-state index is 0. The molecule has 0 unspecified atom stereocenters. The van der Waals surface area contributed by atoms with E-state index < -0.39 is 5.97 Å². The van der Waals surface area contributed by atoms with Gasteiger partial charge in [0.15, 0.2) is 0 Å². The summed E-state index contributed by atoms with van der Waals surface area (Å²) in [5.74, 6) is -1.05. The summed E-state index contributed by atoms with van der Waals surface area (Å²) >= 11 is 0. The molecule has 1 rings (SSSR count). The Labute approximate surface area is 81.5 Å². The van der Waals surface area contributed by atoms with E-state index in [0.29, 0.717) is 0 Å². The summed E-state index contributed by atoms with van der Waals surface area (Å²) in [6, 6.07) is 4.74. The first kappa shape index (κ1) is 11.6. The van der Waals surface area contributed by atoms with Crippen LogP contribution in [0.1, 0.15) is 15.9 Å².